The van der Waals surface area contributed by atoms with Gasteiger partial charge < -0.3 is 10.0 Å². The van der Waals surface area contributed by atoms with Crippen LogP contribution in [-0.2, 0) is 4.79 Å². The van der Waals surface area contributed by atoms with Gasteiger partial charge in [-0.15, -0.1) is 6.58 Å². The van der Waals surface area contributed by atoms with Gasteiger partial charge in [0, 0.05) is 26.1 Å². The summed E-state index contributed by atoms with van der Waals surface area (Å²) in [6.07, 6.45) is 3.67. The normalized spacial score (nSPS) is 9.69. The lowest BCUT2D eigenvalue weighted by Crippen LogP contribution is -2.31. The van der Waals surface area contributed by atoms with Gasteiger partial charge in [0.1, 0.15) is 0 Å². The van der Waals surface area contributed by atoms with Crippen LogP contribution in [0.4, 0.5) is 0 Å². The fraction of sp³-hybridized carbons (Fsp3) is 0.700. The Labute approximate surface area is 80.0 Å². The van der Waals surface area contributed by atoms with Crippen molar-refractivity contribution in [3.05, 3.63) is 12.7 Å². The zero-order valence-corrected chi connectivity index (χ0v) is 8.33. The monoisotopic (exact) mass is 185 g/mol. The van der Waals surface area contributed by atoms with E-state index in [-0.39, 0.29) is 12.5 Å². The minimum Gasteiger partial charge on any atom is -0.396 e. The number of carbonyl (C=O) groups is 1. The summed E-state index contributed by atoms with van der Waals surface area (Å²) in [5.41, 5.74) is 0. The molecule has 0 fully saturated rings. The Morgan fingerprint density at radius 3 is 2.77 bits per heavy atom. The molecule has 1 amide bonds. The molecular formula is C10H19NO2. The van der Waals surface area contributed by atoms with Crippen LogP contribution in [-0.4, -0.2) is 35.6 Å². The third-order valence-corrected chi connectivity index (χ3v) is 1.74. The highest BCUT2D eigenvalue weighted by atomic mass is 16.3. The molecule has 0 bridgehead atoms. The van der Waals surface area contributed by atoms with Gasteiger partial charge in [0.15, 0.2) is 0 Å². The van der Waals surface area contributed by atoms with Crippen LogP contribution < -0.4 is 0 Å². The van der Waals surface area contributed by atoms with Crippen LogP contribution >= 0.6 is 0 Å². The molecule has 0 aromatic heterocycles. The Morgan fingerprint density at radius 2 is 2.31 bits per heavy atom. The Kier molecular flexibility index (Phi) is 7.30. The van der Waals surface area contributed by atoms with E-state index in [1.54, 1.807) is 11.0 Å². The molecule has 0 aromatic carbocycles. The van der Waals surface area contributed by atoms with Gasteiger partial charge >= 0.3 is 0 Å². The van der Waals surface area contributed by atoms with Crippen molar-refractivity contribution in [2.24, 2.45) is 0 Å². The van der Waals surface area contributed by atoms with E-state index in [4.69, 9.17) is 5.11 Å². The average Bonchev–Trinajstić information content (AvgIpc) is 2.14. The number of aliphatic hydroxyl groups is 1. The Bertz CT molecular complexity index is 157. The summed E-state index contributed by atoms with van der Waals surface area (Å²) in [7, 11) is 0. The van der Waals surface area contributed by atoms with Gasteiger partial charge in [0.25, 0.3) is 0 Å². The Balaban J connectivity index is 3.87. The van der Waals surface area contributed by atoms with Gasteiger partial charge in [-0.3, -0.25) is 4.79 Å². The molecule has 0 heterocycles. The number of carbonyl (C=O) groups excluding carboxylic acids is 1. The Hall–Kier alpha value is -0.830. The summed E-state index contributed by atoms with van der Waals surface area (Å²) >= 11 is 0. The zero-order chi connectivity index (χ0) is 10.1. The maximum Gasteiger partial charge on any atom is 0.222 e. The summed E-state index contributed by atoms with van der Waals surface area (Å²) in [6, 6.07) is 0. The maximum absolute atomic E-state index is 11.4. The van der Waals surface area contributed by atoms with Gasteiger partial charge in [-0.05, 0) is 12.8 Å². The second-order valence-electron chi connectivity index (χ2n) is 2.96. The molecular weight excluding hydrogens is 166 g/mol. The summed E-state index contributed by atoms with van der Waals surface area (Å²) < 4.78 is 0. The predicted octanol–water partition coefficient (Wildman–Crippen LogP) is 1.18. The summed E-state index contributed by atoms with van der Waals surface area (Å²) in [5, 5.41) is 8.57. The minimum atomic E-state index is 0.0831. The highest BCUT2D eigenvalue weighted by Crippen LogP contribution is 1.99. The molecule has 0 aliphatic heterocycles. The fourth-order valence-electron chi connectivity index (χ4n) is 1.13. The first-order valence-corrected chi connectivity index (χ1v) is 4.75. The predicted molar refractivity (Wildman–Crippen MR) is 53.4 cm³/mol. The van der Waals surface area contributed by atoms with E-state index in [1.165, 1.54) is 0 Å². The standard InChI is InChI=1S/C10H19NO2/c1-3-7-11(8-4-2)10(13)6-5-9-12/h3,12H,1,4-9H2,2H3. The number of nitrogens with zero attached hydrogens (tertiary/aromatic N) is 1. The molecule has 0 rings (SSSR count). The topological polar surface area (TPSA) is 40.5 Å². The van der Waals surface area contributed by atoms with Crippen LogP contribution in [0.5, 0.6) is 0 Å². The second-order valence-corrected chi connectivity index (χ2v) is 2.96. The third kappa shape index (κ3) is 5.42. The molecule has 0 saturated carbocycles. The molecule has 0 aromatic rings. The number of hydrogen-bond acceptors (Lipinski definition) is 2. The highest BCUT2D eigenvalue weighted by molar-refractivity contribution is 5.76. The van der Waals surface area contributed by atoms with Gasteiger partial charge in [0.2, 0.25) is 5.91 Å². The number of hydrogen-bond donors (Lipinski definition) is 1. The van der Waals surface area contributed by atoms with Crippen LogP contribution in [0.25, 0.3) is 0 Å². The molecule has 13 heavy (non-hydrogen) atoms. The third-order valence-electron chi connectivity index (χ3n) is 1.74. The minimum absolute atomic E-state index is 0.0831. The van der Waals surface area contributed by atoms with Crippen LogP contribution in [0, 0.1) is 0 Å². The van der Waals surface area contributed by atoms with Crippen molar-refractivity contribution in [3.8, 4) is 0 Å². The number of aliphatic hydroxyl groups excluding tert-OH is 1. The van der Waals surface area contributed by atoms with Gasteiger partial charge in [-0.25, -0.2) is 0 Å². The largest absolute Gasteiger partial charge is 0.396 e. The maximum atomic E-state index is 11.4. The SMILES string of the molecule is C=CCN(CCC)C(=O)CCCO. The number of rotatable bonds is 7. The van der Waals surface area contributed by atoms with Crippen molar-refractivity contribution in [1.82, 2.24) is 4.90 Å². The van der Waals surface area contributed by atoms with Crippen molar-refractivity contribution in [3.63, 3.8) is 0 Å². The second kappa shape index (κ2) is 7.80. The first-order valence-electron chi connectivity index (χ1n) is 4.75. The van der Waals surface area contributed by atoms with Gasteiger partial charge in [0.05, 0.1) is 0 Å². The molecule has 0 aliphatic carbocycles. The smallest absolute Gasteiger partial charge is 0.222 e. The van der Waals surface area contributed by atoms with Crippen molar-refractivity contribution in [2.75, 3.05) is 19.7 Å². The molecule has 3 heteroatoms. The molecule has 1 N–H and O–H groups in total. The summed E-state index contributed by atoms with van der Waals surface area (Å²) in [6.45, 7) is 7.11. The molecule has 0 radical (unpaired) electrons. The molecule has 0 spiro atoms. The number of amides is 1. The van der Waals surface area contributed by atoms with E-state index in [2.05, 4.69) is 6.58 Å². The van der Waals surface area contributed by atoms with E-state index in [0.29, 0.717) is 19.4 Å². The average molecular weight is 185 g/mol. The first-order chi connectivity index (χ1) is 6.26. The molecule has 0 atom stereocenters. The van der Waals surface area contributed by atoms with E-state index in [0.717, 1.165) is 13.0 Å². The van der Waals surface area contributed by atoms with Gasteiger partial charge in [-0.1, -0.05) is 13.0 Å². The zero-order valence-electron chi connectivity index (χ0n) is 8.33. The summed E-state index contributed by atoms with van der Waals surface area (Å²) in [4.78, 5) is 13.2. The molecule has 0 aliphatic rings. The highest BCUT2D eigenvalue weighted by Gasteiger charge is 2.09. The fourth-order valence-corrected chi connectivity index (χ4v) is 1.13. The molecule has 0 unspecified atom stereocenters. The summed E-state index contributed by atoms with van der Waals surface area (Å²) in [5.74, 6) is 0.107. The van der Waals surface area contributed by atoms with Crippen molar-refractivity contribution in [2.45, 2.75) is 26.2 Å². The first kappa shape index (κ1) is 12.2. The van der Waals surface area contributed by atoms with Crippen LogP contribution in [0.1, 0.15) is 26.2 Å². The van der Waals surface area contributed by atoms with E-state index < -0.39 is 0 Å². The van der Waals surface area contributed by atoms with Crippen LogP contribution in [0.2, 0.25) is 0 Å². The Morgan fingerprint density at radius 1 is 1.62 bits per heavy atom. The van der Waals surface area contributed by atoms with E-state index in [9.17, 15) is 4.79 Å². The molecule has 3 nitrogen and oxygen atoms in total. The van der Waals surface area contributed by atoms with Crippen molar-refractivity contribution < 1.29 is 9.90 Å². The van der Waals surface area contributed by atoms with Crippen molar-refractivity contribution in [1.29, 1.82) is 0 Å². The van der Waals surface area contributed by atoms with Crippen LogP contribution in [0.3, 0.4) is 0 Å². The molecule has 0 saturated heterocycles. The lowest BCUT2D eigenvalue weighted by Gasteiger charge is -2.19. The quantitative estimate of drug-likeness (QED) is 0.605. The van der Waals surface area contributed by atoms with Crippen molar-refractivity contribution >= 4 is 5.91 Å². The lowest BCUT2D eigenvalue weighted by atomic mass is 10.2. The molecule has 76 valence electrons. The van der Waals surface area contributed by atoms with E-state index >= 15 is 0 Å². The lowest BCUT2D eigenvalue weighted by molar-refractivity contribution is -0.131. The van der Waals surface area contributed by atoms with Gasteiger partial charge in [-0.2, -0.15) is 0 Å². The van der Waals surface area contributed by atoms with E-state index in [1.807, 2.05) is 6.92 Å². The van der Waals surface area contributed by atoms with Crippen LogP contribution in [0.15, 0.2) is 12.7 Å².